The Morgan fingerprint density at radius 1 is 1.00 bits per heavy atom. The van der Waals surface area contributed by atoms with Crippen LogP contribution in [-0.2, 0) is 14.3 Å². The molecule has 160 valence electrons. The molecule has 2 aromatic carbocycles. The maximum Gasteiger partial charge on any atom is 0.331 e. The predicted molar refractivity (Wildman–Crippen MR) is 115 cm³/mol. The fourth-order valence-corrected chi connectivity index (χ4v) is 2.59. The third-order valence-electron chi connectivity index (χ3n) is 3.94. The van der Waals surface area contributed by atoms with Gasteiger partial charge >= 0.3 is 5.97 Å². The fraction of sp³-hybridized carbons (Fsp3) is 0.304. The van der Waals surface area contributed by atoms with Crippen LogP contribution in [0.25, 0.3) is 6.08 Å². The second-order valence-electron chi connectivity index (χ2n) is 6.77. The molecule has 0 unspecified atom stereocenters. The average molecular weight is 413 g/mol. The Morgan fingerprint density at radius 3 is 2.37 bits per heavy atom. The Labute approximate surface area is 176 Å². The number of aryl methyl sites for hydroxylation is 1. The van der Waals surface area contributed by atoms with Gasteiger partial charge in [-0.1, -0.05) is 12.1 Å². The van der Waals surface area contributed by atoms with Crippen molar-refractivity contribution in [3.05, 3.63) is 53.6 Å². The van der Waals surface area contributed by atoms with Crippen molar-refractivity contribution in [3.63, 3.8) is 0 Å². The van der Waals surface area contributed by atoms with E-state index in [-0.39, 0.29) is 6.10 Å². The van der Waals surface area contributed by atoms with Crippen molar-refractivity contribution in [1.29, 1.82) is 0 Å². The lowest BCUT2D eigenvalue weighted by atomic mass is 10.2. The van der Waals surface area contributed by atoms with Gasteiger partial charge in [-0.15, -0.1) is 0 Å². The zero-order chi connectivity index (χ0) is 22.1. The molecule has 1 N–H and O–H groups in total. The second-order valence-corrected chi connectivity index (χ2v) is 6.77. The molecule has 0 bridgehead atoms. The van der Waals surface area contributed by atoms with E-state index in [1.165, 1.54) is 13.2 Å². The van der Waals surface area contributed by atoms with Crippen LogP contribution < -0.4 is 19.5 Å². The van der Waals surface area contributed by atoms with Crippen LogP contribution in [0, 0.1) is 6.92 Å². The van der Waals surface area contributed by atoms with E-state index in [1.54, 1.807) is 43.5 Å². The topological polar surface area (TPSA) is 83.1 Å². The van der Waals surface area contributed by atoms with E-state index in [0.717, 1.165) is 11.1 Å². The van der Waals surface area contributed by atoms with Gasteiger partial charge in [0.15, 0.2) is 18.1 Å². The first-order valence-corrected chi connectivity index (χ1v) is 9.46. The van der Waals surface area contributed by atoms with Crippen LogP contribution in [0.4, 0.5) is 5.69 Å². The molecule has 0 aliphatic heterocycles. The van der Waals surface area contributed by atoms with Crippen molar-refractivity contribution in [3.8, 4) is 17.2 Å². The Morgan fingerprint density at radius 2 is 1.70 bits per heavy atom. The van der Waals surface area contributed by atoms with Gasteiger partial charge in [0.05, 0.1) is 26.0 Å². The largest absolute Gasteiger partial charge is 0.495 e. The van der Waals surface area contributed by atoms with Crippen molar-refractivity contribution in [1.82, 2.24) is 0 Å². The lowest BCUT2D eigenvalue weighted by molar-refractivity contribution is -0.142. The number of hydrogen-bond acceptors (Lipinski definition) is 6. The first kappa shape index (κ1) is 22.8. The average Bonchev–Trinajstić information content (AvgIpc) is 2.71. The molecular weight excluding hydrogens is 386 g/mol. The fourth-order valence-electron chi connectivity index (χ4n) is 2.59. The predicted octanol–water partition coefficient (Wildman–Crippen LogP) is 3.99. The second kappa shape index (κ2) is 10.9. The maximum atomic E-state index is 12.1. The molecule has 0 aliphatic carbocycles. The van der Waals surface area contributed by atoms with Gasteiger partial charge < -0.3 is 24.3 Å². The van der Waals surface area contributed by atoms with Crippen LogP contribution in [0.5, 0.6) is 17.2 Å². The lowest BCUT2D eigenvalue weighted by Crippen LogP contribution is -2.20. The molecule has 0 fully saturated rings. The summed E-state index contributed by atoms with van der Waals surface area (Å²) >= 11 is 0. The molecule has 1 amide bonds. The quantitative estimate of drug-likeness (QED) is 0.494. The molecule has 7 heteroatoms. The normalized spacial score (nSPS) is 10.7. The van der Waals surface area contributed by atoms with E-state index in [9.17, 15) is 9.59 Å². The van der Waals surface area contributed by atoms with Crippen LogP contribution in [-0.4, -0.2) is 38.8 Å². The highest BCUT2D eigenvalue weighted by Crippen LogP contribution is 2.29. The summed E-state index contributed by atoms with van der Waals surface area (Å²) in [6.45, 7) is 5.34. The van der Waals surface area contributed by atoms with Crippen LogP contribution >= 0.6 is 0 Å². The minimum absolute atomic E-state index is 0.0150. The van der Waals surface area contributed by atoms with E-state index < -0.39 is 18.5 Å². The van der Waals surface area contributed by atoms with Gasteiger partial charge in [0.1, 0.15) is 5.75 Å². The van der Waals surface area contributed by atoms with Crippen LogP contribution in [0.3, 0.4) is 0 Å². The first-order chi connectivity index (χ1) is 14.3. The van der Waals surface area contributed by atoms with Gasteiger partial charge in [-0.25, -0.2) is 4.79 Å². The molecule has 0 saturated carbocycles. The van der Waals surface area contributed by atoms with Crippen LogP contribution in [0.15, 0.2) is 42.5 Å². The van der Waals surface area contributed by atoms with Crippen molar-refractivity contribution in [2.24, 2.45) is 0 Å². The molecule has 2 aromatic rings. The third kappa shape index (κ3) is 6.84. The SMILES string of the molecule is COc1ccc(C)cc1NC(=O)COC(=O)/C=C/c1ccc(OC(C)C)c(OC)c1. The maximum absolute atomic E-state index is 12.1. The summed E-state index contributed by atoms with van der Waals surface area (Å²) in [6.07, 6.45) is 2.84. The van der Waals surface area contributed by atoms with E-state index >= 15 is 0 Å². The summed E-state index contributed by atoms with van der Waals surface area (Å²) in [5.41, 5.74) is 2.21. The van der Waals surface area contributed by atoms with Gasteiger partial charge in [-0.3, -0.25) is 4.79 Å². The number of benzene rings is 2. The zero-order valence-corrected chi connectivity index (χ0v) is 17.9. The minimum Gasteiger partial charge on any atom is -0.495 e. The van der Waals surface area contributed by atoms with Crippen molar-refractivity contribution in [2.45, 2.75) is 26.9 Å². The third-order valence-corrected chi connectivity index (χ3v) is 3.94. The smallest absolute Gasteiger partial charge is 0.331 e. The molecule has 2 rings (SSSR count). The Hall–Kier alpha value is -3.48. The van der Waals surface area contributed by atoms with Gasteiger partial charge in [-0.2, -0.15) is 0 Å². The van der Waals surface area contributed by atoms with E-state index in [2.05, 4.69) is 5.32 Å². The van der Waals surface area contributed by atoms with Gasteiger partial charge in [0.2, 0.25) is 0 Å². The van der Waals surface area contributed by atoms with E-state index in [0.29, 0.717) is 22.9 Å². The summed E-state index contributed by atoms with van der Waals surface area (Å²) < 4.78 is 21.2. The number of carbonyl (C=O) groups is 2. The number of hydrogen-bond donors (Lipinski definition) is 1. The molecule has 0 aromatic heterocycles. The lowest BCUT2D eigenvalue weighted by Gasteiger charge is -2.13. The summed E-state index contributed by atoms with van der Waals surface area (Å²) in [6, 6.07) is 10.7. The van der Waals surface area contributed by atoms with Gasteiger partial charge in [0, 0.05) is 6.08 Å². The zero-order valence-electron chi connectivity index (χ0n) is 17.9. The summed E-state index contributed by atoms with van der Waals surface area (Å²) in [5, 5.41) is 2.67. The molecule has 7 nitrogen and oxygen atoms in total. The van der Waals surface area contributed by atoms with E-state index in [1.807, 2.05) is 26.8 Å². The number of nitrogens with one attached hydrogen (secondary N) is 1. The standard InChI is InChI=1S/C23H27NO6/c1-15(2)30-20-10-7-17(13-21(20)28-5)8-11-23(26)29-14-22(25)24-18-12-16(3)6-9-19(18)27-4/h6-13,15H,14H2,1-5H3,(H,24,25)/b11-8+. The van der Waals surface area contributed by atoms with Crippen molar-refractivity contribution < 1.29 is 28.5 Å². The number of rotatable bonds is 9. The monoisotopic (exact) mass is 413 g/mol. The number of esters is 1. The number of anilines is 1. The van der Waals surface area contributed by atoms with Gasteiger partial charge in [-0.05, 0) is 62.2 Å². The molecule has 0 spiro atoms. The van der Waals surface area contributed by atoms with Gasteiger partial charge in [0.25, 0.3) is 5.91 Å². The highest BCUT2D eigenvalue weighted by Gasteiger charge is 2.10. The number of ether oxygens (including phenoxy) is 4. The summed E-state index contributed by atoms with van der Waals surface area (Å²) in [5.74, 6) is 0.612. The first-order valence-electron chi connectivity index (χ1n) is 9.46. The molecule has 0 atom stereocenters. The Kier molecular flexibility index (Phi) is 8.29. The Bertz CT molecular complexity index is 920. The van der Waals surface area contributed by atoms with Crippen molar-refractivity contribution in [2.75, 3.05) is 26.1 Å². The molecule has 0 saturated heterocycles. The number of carbonyl (C=O) groups excluding carboxylic acids is 2. The van der Waals surface area contributed by atoms with Crippen LogP contribution in [0.2, 0.25) is 0 Å². The molecule has 30 heavy (non-hydrogen) atoms. The molecule has 0 heterocycles. The number of amides is 1. The highest BCUT2D eigenvalue weighted by molar-refractivity contribution is 5.95. The Balaban J connectivity index is 1.92. The number of methoxy groups -OCH3 is 2. The summed E-state index contributed by atoms with van der Waals surface area (Å²) in [4.78, 5) is 24.0. The summed E-state index contributed by atoms with van der Waals surface area (Å²) in [7, 11) is 3.06. The van der Waals surface area contributed by atoms with E-state index in [4.69, 9.17) is 18.9 Å². The van der Waals surface area contributed by atoms with Crippen molar-refractivity contribution >= 4 is 23.6 Å². The molecular formula is C23H27NO6. The molecule has 0 aliphatic rings. The highest BCUT2D eigenvalue weighted by atomic mass is 16.5. The minimum atomic E-state index is -0.636. The van der Waals surface area contributed by atoms with Crippen LogP contribution in [0.1, 0.15) is 25.0 Å². The molecule has 0 radical (unpaired) electrons.